The van der Waals surface area contributed by atoms with Gasteiger partial charge in [0.15, 0.2) is 0 Å². The minimum absolute atomic E-state index is 0. The molecule has 0 radical (unpaired) electrons. The van der Waals surface area contributed by atoms with Crippen molar-refractivity contribution in [2.75, 3.05) is 26.1 Å². The molecule has 0 aromatic heterocycles. The second kappa shape index (κ2) is 16.4. The average molecular weight is 264 g/mol. The van der Waals surface area contributed by atoms with Gasteiger partial charge in [-0.1, -0.05) is 0 Å². The molecule has 0 spiro atoms. The standard InChI is InChI=1S/C9H21N3O.2ClH/c1-9(13)12-8-4-7-11-6-3-2-5-10;;/h11H,2-8,10H2,1H3,(H,12,13);2*1H/i7D2,8D2;;. The SMILES string of the molecule is Cl.Cl.[2H]C([2H])(CC([2H])([2H])NC(C)=O)NCCCCN. The molecule has 0 aliphatic heterocycles. The number of halogens is 2. The Balaban J connectivity index is -0.00000128. The van der Waals surface area contributed by atoms with Crippen molar-refractivity contribution in [1.82, 2.24) is 10.6 Å². The number of nitrogens with two attached hydrogens (primary N) is 1. The molecule has 0 fully saturated rings. The lowest BCUT2D eigenvalue weighted by Gasteiger charge is -2.04. The summed E-state index contributed by atoms with van der Waals surface area (Å²) in [5.41, 5.74) is 5.31. The molecular formula is C9H23Cl2N3O. The molecule has 0 aromatic rings. The Morgan fingerprint density at radius 2 is 1.93 bits per heavy atom. The quantitative estimate of drug-likeness (QED) is 0.565. The van der Waals surface area contributed by atoms with Crippen LogP contribution < -0.4 is 16.4 Å². The van der Waals surface area contributed by atoms with E-state index in [0.29, 0.717) is 13.1 Å². The Morgan fingerprint density at radius 3 is 2.47 bits per heavy atom. The highest BCUT2D eigenvalue weighted by Gasteiger charge is 1.90. The van der Waals surface area contributed by atoms with E-state index in [1.54, 1.807) is 0 Å². The molecule has 0 atom stereocenters. The molecule has 94 valence electrons. The molecule has 0 saturated heterocycles. The number of rotatable bonds is 8. The molecule has 0 bridgehead atoms. The van der Waals surface area contributed by atoms with Crippen molar-refractivity contribution in [2.45, 2.75) is 26.2 Å². The Hall–Kier alpha value is -0.0300. The van der Waals surface area contributed by atoms with Gasteiger partial charge in [-0.25, -0.2) is 0 Å². The van der Waals surface area contributed by atoms with Gasteiger partial charge in [0.1, 0.15) is 0 Å². The van der Waals surface area contributed by atoms with E-state index in [1.165, 1.54) is 6.92 Å². The minimum atomic E-state index is -2.06. The number of hydrogen-bond acceptors (Lipinski definition) is 3. The van der Waals surface area contributed by atoms with E-state index in [4.69, 9.17) is 11.2 Å². The maximum absolute atomic E-state index is 10.7. The van der Waals surface area contributed by atoms with Gasteiger partial charge in [0.05, 0.1) is 0 Å². The van der Waals surface area contributed by atoms with Crippen LogP contribution in [-0.4, -0.2) is 32.0 Å². The summed E-state index contributed by atoms with van der Waals surface area (Å²) in [6.45, 7) is -1.74. The minimum Gasteiger partial charge on any atom is -0.356 e. The summed E-state index contributed by atoms with van der Waals surface area (Å²) in [5.74, 6) is -0.520. The fourth-order valence-electron chi connectivity index (χ4n) is 0.721. The highest BCUT2D eigenvalue weighted by molar-refractivity contribution is 5.85. The summed E-state index contributed by atoms with van der Waals surface area (Å²) in [4.78, 5) is 10.7. The van der Waals surface area contributed by atoms with Crippen LogP contribution in [-0.2, 0) is 4.79 Å². The van der Waals surface area contributed by atoms with Gasteiger partial charge in [0, 0.05) is 18.9 Å². The Kier molecular flexibility index (Phi) is 12.5. The first-order valence-corrected chi connectivity index (χ1v) is 4.42. The topological polar surface area (TPSA) is 67.2 Å². The zero-order valence-electron chi connectivity index (χ0n) is 12.8. The van der Waals surface area contributed by atoms with Gasteiger partial charge >= 0.3 is 0 Å². The van der Waals surface area contributed by atoms with E-state index in [2.05, 4.69) is 10.6 Å². The molecule has 0 saturated carbocycles. The Labute approximate surface area is 110 Å². The maximum atomic E-state index is 10.7. The average Bonchev–Trinajstić information content (AvgIpc) is 2.08. The van der Waals surface area contributed by atoms with Crippen molar-refractivity contribution < 1.29 is 10.3 Å². The molecular weight excluding hydrogens is 237 g/mol. The number of nitrogens with one attached hydrogen (secondary N) is 2. The van der Waals surface area contributed by atoms with E-state index in [1.807, 2.05) is 0 Å². The number of carbonyl (C=O) groups is 1. The predicted molar refractivity (Wildman–Crippen MR) is 69.0 cm³/mol. The molecule has 4 N–H and O–H groups in total. The highest BCUT2D eigenvalue weighted by Crippen LogP contribution is 1.82. The fourth-order valence-corrected chi connectivity index (χ4v) is 0.721. The summed E-state index contributed by atoms with van der Waals surface area (Å²) in [7, 11) is 0. The second-order valence-corrected chi connectivity index (χ2v) is 2.63. The highest BCUT2D eigenvalue weighted by atomic mass is 35.5. The van der Waals surface area contributed by atoms with Crippen molar-refractivity contribution in [3.63, 3.8) is 0 Å². The Morgan fingerprint density at radius 1 is 1.27 bits per heavy atom. The smallest absolute Gasteiger partial charge is 0.216 e. The summed E-state index contributed by atoms with van der Waals surface area (Å²) < 4.78 is 30.1. The van der Waals surface area contributed by atoms with Crippen LogP contribution in [0.5, 0.6) is 0 Å². The van der Waals surface area contributed by atoms with E-state index < -0.39 is 25.3 Å². The number of unbranched alkanes of at least 4 members (excludes halogenated alkanes) is 1. The predicted octanol–water partition coefficient (Wildman–Crippen LogP) is 0.685. The van der Waals surface area contributed by atoms with Gasteiger partial charge in [0.2, 0.25) is 5.91 Å². The first-order valence-electron chi connectivity index (χ1n) is 6.42. The molecule has 4 nitrogen and oxygen atoms in total. The monoisotopic (exact) mass is 263 g/mol. The van der Waals surface area contributed by atoms with Crippen LogP contribution in [0.4, 0.5) is 0 Å². The molecule has 0 heterocycles. The van der Waals surface area contributed by atoms with Crippen molar-refractivity contribution in [1.29, 1.82) is 0 Å². The van der Waals surface area contributed by atoms with Gasteiger partial charge in [-0.15, -0.1) is 24.8 Å². The third-order valence-electron chi connectivity index (χ3n) is 1.32. The zero-order chi connectivity index (χ0) is 13.5. The first kappa shape index (κ1) is 11.5. The Bertz CT molecular complexity index is 258. The third-order valence-corrected chi connectivity index (χ3v) is 1.32. The van der Waals surface area contributed by atoms with E-state index >= 15 is 0 Å². The maximum Gasteiger partial charge on any atom is 0.216 e. The van der Waals surface area contributed by atoms with E-state index in [0.717, 1.165) is 12.8 Å². The number of amides is 1. The van der Waals surface area contributed by atoms with Gasteiger partial charge in [-0.05, 0) is 38.8 Å². The lowest BCUT2D eigenvalue weighted by atomic mass is 10.3. The fraction of sp³-hybridized carbons (Fsp3) is 0.889. The van der Waals surface area contributed by atoms with Crippen LogP contribution in [0.1, 0.15) is 31.7 Å². The van der Waals surface area contributed by atoms with Crippen molar-refractivity contribution in [2.24, 2.45) is 5.73 Å². The number of hydrogen-bond donors (Lipinski definition) is 3. The summed E-state index contributed by atoms with van der Waals surface area (Å²) in [5, 5.41) is 4.68. The first-order chi connectivity index (χ1) is 7.68. The molecule has 0 aromatic carbocycles. The van der Waals surface area contributed by atoms with E-state index in [-0.39, 0.29) is 24.8 Å². The van der Waals surface area contributed by atoms with Crippen LogP contribution in [0.25, 0.3) is 0 Å². The normalized spacial score (nSPS) is 14.5. The summed E-state index contributed by atoms with van der Waals surface area (Å²) >= 11 is 0. The largest absolute Gasteiger partial charge is 0.356 e. The van der Waals surface area contributed by atoms with Crippen LogP contribution in [0.3, 0.4) is 0 Å². The molecule has 15 heavy (non-hydrogen) atoms. The summed E-state index contributed by atoms with van der Waals surface area (Å²) in [6.07, 6.45) is 1.09. The zero-order valence-corrected chi connectivity index (χ0v) is 10.5. The van der Waals surface area contributed by atoms with Gasteiger partial charge in [-0.3, -0.25) is 4.79 Å². The molecule has 0 aliphatic carbocycles. The van der Waals surface area contributed by atoms with Crippen LogP contribution in [0.2, 0.25) is 0 Å². The van der Waals surface area contributed by atoms with Gasteiger partial charge < -0.3 is 16.4 Å². The van der Waals surface area contributed by atoms with Crippen molar-refractivity contribution in [3.05, 3.63) is 0 Å². The molecule has 0 aliphatic rings. The summed E-state index contributed by atoms with van der Waals surface area (Å²) in [6, 6.07) is 0. The van der Waals surface area contributed by atoms with Crippen molar-refractivity contribution >= 4 is 30.7 Å². The number of carbonyl (C=O) groups excluding carboxylic acids is 1. The molecule has 6 heteroatoms. The van der Waals surface area contributed by atoms with E-state index in [9.17, 15) is 4.79 Å². The van der Waals surface area contributed by atoms with Crippen LogP contribution in [0.15, 0.2) is 0 Å². The molecule has 0 rings (SSSR count). The third kappa shape index (κ3) is 20.1. The molecule has 1 amide bonds. The second-order valence-electron chi connectivity index (χ2n) is 2.63. The van der Waals surface area contributed by atoms with Crippen LogP contribution in [0, 0.1) is 0 Å². The van der Waals surface area contributed by atoms with Gasteiger partial charge in [-0.2, -0.15) is 0 Å². The lowest BCUT2D eigenvalue weighted by Crippen LogP contribution is -2.25. The van der Waals surface area contributed by atoms with Gasteiger partial charge in [0.25, 0.3) is 0 Å². The lowest BCUT2D eigenvalue weighted by molar-refractivity contribution is -0.118. The van der Waals surface area contributed by atoms with Crippen LogP contribution >= 0.6 is 24.8 Å². The molecule has 0 unspecified atom stereocenters. The van der Waals surface area contributed by atoms with Crippen molar-refractivity contribution in [3.8, 4) is 0 Å².